The molecule has 0 aliphatic carbocycles. The second kappa shape index (κ2) is 10.8. The van der Waals surface area contributed by atoms with Gasteiger partial charge in [-0.15, -0.1) is 0 Å². The first kappa shape index (κ1) is 23.3. The maximum atomic E-state index is 12.9. The van der Waals surface area contributed by atoms with Gasteiger partial charge in [0, 0.05) is 31.5 Å². The summed E-state index contributed by atoms with van der Waals surface area (Å²) in [7, 11) is 0. The number of carbonyl (C=O) groups excluding carboxylic acids is 1. The summed E-state index contributed by atoms with van der Waals surface area (Å²) in [4.78, 5) is 26.7. The van der Waals surface area contributed by atoms with Crippen LogP contribution < -0.4 is 10.5 Å². The number of hydrogen-bond donors (Lipinski definition) is 3. The molecule has 4 N–H and O–H groups in total. The Morgan fingerprint density at radius 2 is 2.09 bits per heavy atom. The van der Waals surface area contributed by atoms with E-state index in [1.54, 1.807) is 30.3 Å². The number of H-pyrrole nitrogens is 1. The molecule has 2 heterocycles. The molecule has 1 saturated heterocycles. The van der Waals surface area contributed by atoms with Gasteiger partial charge in [0.05, 0.1) is 11.0 Å². The molecule has 1 atom stereocenters. The molecule has 0 bridgehead atoms. The zero-order chi connectivity index (χ0) is 23.9. The van der Waals surface area contributed by atoms with Gasteiger partial charge in [0.1, 0.15) is 5.75 Å². The van der Waals surface area contributed by atoms with Gasteiger partial charge in [-0.2, -0.15) is 0 Å². The number of hydrogen-bond acceptors (Lipinski definition) is 7. The van der Waals surface area contributed by atoms with Crippen molar-refractivity contribution < 1.29 is 14.6 Å². The van der Waals surface area contributed by atoms with E-state index in [0.29, 0.717) is 23.1 Å². The maximum absolute atomic E-state index is 12.9. The van der Waals surface area contributed by atoms with Crippen molar-refractivity contribution in [1.29, 1.82) is 0 Å². The average Bonchev–Trinajstić information content (AvgIpc) is 3.31. The Bertz CT molecular complexity index is 1180. The number of ketones is 1. The van der Waals surface area contributed by atoms with Crippen LogP contribution in [0.15, 0.2) is 77.9 Å². The summed E-state index contributed by atoms with van der Waals surface area (Å²) < 4.78 is 6.00. The van der Waals surface area contributed by atoms with Crippen molar-refractivity contribution in [2.24, 2.45) is 16.6 Å². The summed E-state index contributed by atoms with van der Waals surface area (Å²) in [6.45, 7) is 5.38. The number of nitrogens with zero attached hydrogens (tertiary/aromatic N) is 3. The summed E-state index contributed by atoms with van der Waals surface area (Å²) in [5.41, 5.74) is 8.48. The number of benzene rings is 2. The van der Waals surface area contributed by atoms with Crippen molar-refractivity contribution in [3.05, 3.63) is 84.3 Å². The number of aromatic nitrogens is 2. The Morgan fingerprint density at radius 1 is 1.29 bits per heavy atom. The van der Waals surface area contributed by atoms with Gasteiger partial charge in [-0.25, -0.2) is 9.98 Å². The second-order valence-electron chi connectivity index (χ2n) is 8.23. The number of aliphatic hydroxyl groups excluding tert-OH is 1. The van der Waals surface area contributed by atoms with Gasteiger partial charge in [0.25, 0.3) is 5.88 Å². The third-order valence-corrected chi connectivity index (χ3v) is 5.85. The van der Waals surface area contributed by atoms with Gasteiger partial charge in [0.2, 0.25) is 5.78 Å². The molecule has 1 aliphatic heterocycles. The number of aliphatic hydroxyl groups is 1. The fourth-order valence-electron chi connectivity index (χ4n) is 4.09. The Morgan fingerprint density at radius 3 is 2.82 bits per heavy atom. The van der Waals surface area contributed by atoms with Gasteiger partial charge in [-0.3, -0.25) is 4.79 Å². The van der Waals surface area contributed by atoms with Crippen LogP contribution in [0, 0.1) is 5.92 Å². The summed E-state index contributed by atoms with van der Waals surface area (Å²) in [5.74, 6) is 1.67. The van der Waals surface area contributed by atoms with Gasteiger partial charge >= 0.3 is 0 Å². The van der Waals surface area contributed by atoms with E-state index in [1.807, 2.05) is 29.2 Å². The molecule has 1 aliphatic rings. The molecule has 0 amide bonds. The normalized spacial score (nSPS) is 17.1. The lowest BCUT2D eigenvalue weighted by Gasteiger charge is -2.34. The molecule has 0 spiro atoms. The van der Waals surface area contributed by atoms with E-state index in [2.05, 4.69) is 21.5 Å². The standard InChI is InChI=1S/C26H29N5O3/c1-2-14-28-26(24(27)31-15-5-6-18(17-31)13-16-32)34-20-11-9-19(10-12-20)23(33)25-29-21-7-3-4-8-22(21)30-25/h2-4,7-12,14,18,32H,1,5-6,13,15-17,27H2,(H,29,30)/b26-24-,28-14?/t18-/m1/s1. The Labute approximate surface area is 198 Å². The van der Waals surface area contributed by atoms with Crippen molar-refractivity contribution in [3.8, 4) is 5.75 Å². The summed E-state index contributed by atoms with van der Waals surface area (Å²) >= 11 is 0. The number of ether oxygens (including phenoxy) is 1. The van der Waals surface area contributed by atoms with E-state index in [9.17, 15) is 9.90 Å². The topological polar surface area (TPSA) is 117 Å². The minimum Gasteiger partial charge on any atom is -0.436 e. The molecule has 3 aromatic rings. The summed E-state index contributed by atoms with van der Waals surface area (Å²) in [5, 5.41) is 9.28. The van der Waals surface area contributed by atoms with Crippen LogP contribution in [0.3, 0.4) is 0 Å². The van der Waals surface area contributed by atoms with E-state index in [4.69, 9.17) is 10.5 Å². The monoisotopic (exact) mass is 459 g/mol. The third-order valence-electron chi connectivity index (χ3n) is 5.85. The van der Waals surface area contributed by atoms with Crippen molar-refractivity contribution in [2.45, 2.75) is 19.3 Å². The molecule has 0 saturated carbocycles. The molecule has 176 valence electrons. The molecule has 0 radical (unpaired) electrons. The zero-order valence-corrected chi connectivity index (χ0v) is 19.0. The summed E-state index contributed by atoms with van der Waals surface area (Å²) in [6, 6.07) is 14.3. The Kier molecular flexibility index (Phi) is 7.39. The fraction of sp³-hybridized carbons (Fsp3) is 0.269. The maximum Gasteiger partial charge on any atom is 0.260 e. The van der Waals surface area contributed by atoms with Crippen LogP contribution in [-0.4, -0.2) is 51.7 Å². The number of nitrogens with two attached hydrogens (primary N) is 1. The van der Waals surface area contributed by atoms with Gasteiger partial charge in [-0.1, -0.05) is 24.8 Å². The van der Waals surface area contributed by atoms with Crippen LogP contribution in [0.2, 0.25) is 0 Å². The second-order valence-corrected chi connectivity index (χ2v) is 8.23. The molecule has 1 fully saturated rings. The lowest BCUT2D eigenvalue weighted by molar-refractivity contribution is 0.103. The Balaban J connectivity index is 1.52. The number of nitrogens with one attached hydrogen (secondary N) is 1. The number of rotatable bonds is 9. The highest BCUT2D eigenvalue weighted by atomic mass is 16.5. The highest BCUT2D eigenvalue weighted by Gasteiger charge is 2.23. The Hall–Kier alpha value is -3.91. The predicted octanol–water partition coefficient (Wildman–Crippen LogP) is 3.61. The number of likely N-dealkylation sites (tertiary alicyclic amines) is 1. The number of imidazole rings is 1. The number of carbonyl (C=O) groups is 1. The lowest BCUT2D eigenvalue weighted by atomic mass is 9.95. The first-order valence-electron chi connectivity index (χ1n) is 11.4. The third kappa shape index (κ3) is 5.35. The zero-order valence-electron chi connectivity index (χ0n) is 19.0. The van der Waals surface area contributed by atoms with Crippen molar-refractivity contribution >= 4 is 23.0 Å². The molecule has 8 nitrogen and oxygen atoms in total. The van der Waals surface area contributed by atoms with E-state index in [1.165, 1.54) is 6.21 Å². The molecule has 8 heteroatoms. The lowest BCUT2D eigenvalue weighted by Crippen LogP contribution is -2.39. The smallest absolute Gasteiger partial charge is 0.260 e. The summed E-state index contributed by atoms with van der Waals surface area (Å²) in [6.07, 6.45) is 5.88. The minimum atomic E-state index is -0.203. The first-order valence-corrected chi connectivity index (χ1v) is 11.4. The largest absolute Gasteiger partial charge is 0.436 e. The van der Waals surface area contributed by atoms with Crippen molar-refractivity contribution in [2.75, 3.05) is 19.7 Å². The molecule has 34 heavy (non-hydrogen) atoms. The van der Waals surface area contributed by atoms with Crippen LogP contribution in [0.4, 0.5) is 0 Å². The van der Waals surface area contributed by atoms with Crippen LogP contribution >= 0.6 is 0 Å². The molecule has 0 unspecified atom stereocenters. The van der Waals surface area contributed by atoms with Crippen LogP contribution in [0.5, 0.6) is 5.75 Å². The van der Waals surface area contributed by atoms with E-state index < -0.39 is 0 Å². The van der Waals surface area contributed by atoms with Crippen LogP contribution in [0.1, 0.15) is 35.4 Å². The SMILES string of the molecule is C=CC=N/C(Oc1ccc(C(=O)c2nc3ccccc3[nH]2)cc1)=C(\N)N1CCC[C@H](CCO)C1. The van der Waals surface area contributed by atoms with E-state index >= 15 is 0 Å². The van der Waals surface area contributed by atoms with Gasteiger partial charge < -0.3 is 25.5 Å². The number of piperidine rings is 1. The highest BCUT2D eigenvalue weighted by Crippen LogP contribution is 2.24. The number of aromatic amines is 1. The average molecular weight is 460 g/mol. The fourth-order valence-corrected chi connectivity index (χ4v) is 4.09. The van der Waals surface area contributed by atoms with E-state index in [-0.39, 0.29) is 24.1 Å². The molecule has 4 rings (SSSR count). The highest BCUT2D eigenvalue weighted by molar-refractivity contribution is 6.08. The molecule has 1 aromatic heterocycles. The van der Waals surface area contributed by atoms with Gasteiger partial charge in [-0.05, 0) is 61.6 Å². The number of para-hydroxylation sites is 2. The number of fused-ring (bicyclic) bond motifs is 1. The minimum absolute atomic E-state index is 0.166. The van der Waals surface area contributed by atoms with Crippen LogP contribution in [0.25, 0.3) is 11.0 Å². The van der Waals surface area contributed by atoms with Crippen LogP contribution in [-0.2, 0) is 0 Å². The van der Waals surface area contributed by atoms with Crippen molar-refractivity contribution in [3.63, 3.8) is 0 Å². The number of allylic oxidation sites excluding steroid dienone is 1. The van der Waals surface area contributed by atoms with Gasteiger partial charge in [0.15, 0.2) is 11.6 Å². The molecule has 2 aromatic carbocycles. The first-order chi connectivity index (χ1) is 16.6. The number of aliphatic imine (C=N–C) groups is 1. The van der Waals surface area contributed by atoms with E-state index in [0.717, 1.165) is 43.4 Å². The molecular weight excluding hydrogens is 430 g/mol. The molecular formula is C26H29N5O3. The van der Waals surface area contributed by atoms with Crippen molar-refractivity contribution in [1.82, 2.24) is 14.9 Å². The quantitative estimate of drug-likeness (QED) is 0.256. The predicted molar refractivity (Wildman–Crippen MR) is 132 cm³/mol.